The van der Waals surface area contributed by atoms with Crippen molar-refractivity contribution in [1.29, 1.82) is 0 Å². The maximum Gasteiger partial charge on any atom is 0.276 e. The highest BCUT2D eigenvalue weighted by molar-refractivity contribution is 5.97. The Morgan fingerprint density at radius 3 is 2.35 bits per heavy atom. The van der Waals surface area contributed by atoms with Gasteiger partial charge in [0, 0.05) is 13.1 Å². The SMILES string of the molecule is Cc1[nH]nc(C(=O)N2CCc3ccccc3CC2)c1N. The van der Waals surface area contributed by atoms with E-state index in [9.17, 15) is 4.79 Å². The molecule has 104 valence electrons. The first-order valence-corrected chi connectivity index (χ1v) is 6.83. The van der Waals surface area contributed by atoms with Gasteiger partial charge >= 0.3 is 0 Å². The number of aryl methyl sites for hydroxylation is 1. The van der Waals surface area contributed by atoms with Crippen LogP contribution < -0.4 is 5.73 Å². The van der Waals surface area contributed by atoms with Crippen molar-refractivity contribution in [3.8, 4) is 0 Å². The van der Waals surface area contributed by atoms with Gasteiger partial charge < -0.3 is 10.6 Å². The molecule has 5 nitrogen and oxygen atoms in total. The number of H-pyrrole nitrogens is 1. The number of hydrogen-bond donors (Lipinski definition) is 2. The fourth-order valence-corrected chi connectivity index (χ4v) is 2.62. The molecule has 2 aromatic rings. The lowest BCUT2D eigenvalue weighted by Crippen LogP contribution is -2.34. The highest BCUT2D eigenvalue weighted by Crippen LogP contribution is 2.19. The van der Waals surface area contributed by atoms with Crippen molar-refractivity contribution in [1.82, 2.24) is 15.1 Å². The van der Waals surface area contributed by atoms with Crippen molar-refractivity contribution in [3.05, 3.63) is 46.8 Å². The zero-order valence-corrected chi connectivity index (χ0v) is 11.5. The van der Waals surface area contributed by atoms with E-state index in [1.807, 2.05) is 24.0 Å². The van der Waals surface area contributed by atoms with Gasteiger partial charge in [0.25, 0.3) is 5.91 Å². The topological polar surface area (TPSA) is 75.0 Å². The molecule has 0 aliphatic carbocycles. The largest absolute Gasteiger partial charge is 0.395 e. The number of hydrogen-bond acceptors (Lipinski definition) is 3. The van der Waals surface area contributed by atoms with Gasteiger partial charge in [-0.05, 0) is 30.9 Å². The number of benzene rings is 1. The summed E-state index contributed by atoms with van der Waals surface area (Å²) >= 11 is 0. The Bertz CT molecular complexity index is 620. The maximum absolute atomic E-state index is 12.5. The molecule has 0 unspecified atom stereocenters. The number of fused-ring (bicyclic) bond motifs is 1. The summed E-state index contributed by atoms with van der Waals surface area (Å²) in [6.45, 7) is 3.24. The smallest absolute Gasteiger partial charge is 0.276 e. The van der Waals surface area contributed by atoms with Crippen LogP contribution in [-0.4, -0.2) is 34.1 Å². The Hall–Kier alpha value is -2.30. The van der Waals surface area contributed by atoms with Crippen LogP contribution in [-0.2, 0) is 12.8 Å². The molecule has 0 spiro atoms. The van der Waals surface area contributed by atoms with Crippen LogP contribution in [0.15, 0.2) is 24.3 Å². The maximum atomic E-state index is 12.5. The molecular formula is C15H18N4O. The third-order valence-electron chi connectivity index (χ3n) is 3.90. The number of amides is 1. The van der Waals surface area contributed by atoms with E-state index in [4.69, 9.17) is 5.73 Å². The van der Waals surface area contributed by atoms with Crippen LogP contribution in [0.5, 0.6) is 0 Å². The second kappa shape index (κ2) is 5.00. The monoisotopic (exact) mass is 270 g/mol. The lowest BCUT2D eigenvalue weighted by molar-refractivity contribution is 0.0758. The molecule has 2 heterocycles. The highest BCUT2D eigenvalue weighted by Gasteiger charge is 2.23. The number of carbonyl (C=O) groups is 1. The average Bonchev–Trinajstić information content (AvgIpc) is 2.68. The van der Waals surface area contributed by atoms with Gasteiger partial charge in [-0.25, -0.2) is 0 Å². The normalized spacial score (nSPS) is 14.8. The fourth-order valence-electron chi connectivity index (χ4n) is 2.62. The molecule has 1 aliphatic rings. The van der Waals surface area contributed by atoms with Gasteiger partial charge in [0.15, 0.2) is 5.69 Å². The van der Waals surface area contributed by atoms with E-state index in [1.165, 1.54) is 11.1 Å². The number of aromatic amines is 1. The summed E-state index contributed by atoms with van der Waals surface area (Å²) in [5.41, 5.74) is 10.1. The Morgan fingerprint density at radius 1 is 1.25 bits per heavy atom. The molecule has 1 aromatic heterocycles. The summed E-state index contributed by atoms with van der Waals surface area (Å²) in [4.78, 5) is 14.3. The van der Waals surface area contributed by atoms with Crippen molar-refractivity contribution < 1.29 is 4.79 Å². The quantitative estimate of drug-likeness (QED) is 0.825. The number of nitrogens with zero attached hydrogens (tertiary/aromatic N) is 2. The second-order valence-electron chi connectivity index (χ2n) is 5.17. The van der Waals surface area contributed by atoms with E-state index in [0.29, 0.717) is 24.5 Å². The first-order valence-electron chi connectivity index (χ1n) is 6.83. The third-order valence-corrected chi connectivity index (χ3v) is 3.90. The molecule has 3 N–H and O–H groups in total. The number of nitrogens with two attached hydrogens (primary N) is 1. The van der Waals surface area contributed by atoms with E-state index >= 15 is 0 Å². The minimum atomic E-state index is -0.0837. The highest BCUT2D eigenvalue weighted by atomic mass is 16.2. The van der Waals surface area contributed by atoms with Gasteiger partial charge in [-0.2, -0.15) is 5.10 Å². The Morgan fingerprint density at radius 2 is 1.85 bits per heavy atom. The zero-order chi connectivity index (χ0) is 14.1. The van der Waals surface area contributed by atoms with Crippen LogP contribution in [0, 0.1) is 6.92 Å². The number of rotatable bonds is 1. The summed E-state index contributed by atoms with van der Waals surface area (Å²) in [6.07, 6.45) is 1.76. The van der Waals surface area contributed by atoms with Gasteiger partial charge in [0.05, 0.1) is 11.4 Å². The minimum absolute atomic E-state index is 0.0837. The van der Waals surface area contributed by atoms with Crippen LogP contribution in [0.3, 0.4) is 0 Å². The molecule has 0 saturated heterocycles. The fraction of sp³-hybridized carbons (Fsp3) is 0.333. The molecule has 1 amide bonds. The van der Waals surface area contributed by atoms with Crippen molar-refractivity contribution >= 4 is 11.6 Å². The van der Waals surface area contributed by atoms with Crippen LogP contribution >= 0.6 is 0 Å². The van der Waals surface area contributed by atoms with E-state index in [-0.39, 0.29) is 5.91 Å². The van der Waals surface area contributed by atoms with Gasteiger partial charge in [-0.1, -0.05) is 24.3 Å². The van der Waals surface area contributed by atoms with E-state index in [1.54, 1.807) is 0 Å². The van der Waals surface area contributed by atoms with Crippen LogP contribution in [0.1, 0.15) is 27.3 Å². The van der Waals surface area contributed by atoms with Crippen molar-refractivity contribution in [2.75, 3.05) is 18.8 Å². The number of carbonyl (C=O) groups excluding carboxylic acids is 1. The van der Waals surface area contributed by atoms with Crippen molar-refractivity contribution in [2.45, 2.75) is 19.8 Å². The first kappa shape index (κ1) is 12.7. The predicted molar refractivity (Wildman–Crippen MR) is 77.5 cm³/mol. The lowest BCUT2D eigenvalue weighted by Gasteiger charge is -2.19. The second-order valence-corrected chi connectivity index (χ2v) is 5.17. The summed E-state index contributed by atoms with van der Waals surface area (Å²) in [5.74, 6) is -0.0837. The Balaban J connectivity index is 1.80. The van der Waals surface area contributed by atoms with E-state index in [0.717, 1.165) is 18.5 Å². The van der Waals surface area contributed by atoms with Crippen molar-refractivity contribution in [3.63, 3.8) is 0 Å². The van der Waals surface area contributed by atoms with Gasteiger partial charge in [0.1, 0.15) is 0 Å². The lowest BCUT2D eigenvalue weighted by atomic mass is 10.0. The summed E-state index contributed by atoms with van der Waals surface area (Å²) in [7, 11) is 0. The molecule has 0 saturated carbocycles. The molecule has 0 atom stereocenters. The van der Waals surface area contributed by atoms with E-state index < -0.39 is 0 Å². The standard InChI is InChI=1S/C15H18N4O/c1-10-13(16)14(18-17-10)15(20)19-8-6-11-4-2-3-5-12(11)7-9-19/h2-5H,6-9,16H2,1H3,(H,17,18). The Labute approximate surface area is 117 Å². The minimum Gasteiger partial charge on any atom is -0.395 e. The molecule has 0 fully saturated rings. The Kier molecular flexibility index (Phi) is 3.18. The van der Waals surface area contributed by atoms with Crippen LogP contribution in [0.2, 0.25) is 0 Å². The summed E-state index contributed by atoms with van der Waals surface area (Å²) in [6, 6.07) is 8.36. The molecule has 1 aliphatic heterocycles. The molecule has 5 heteroatoms. The molecule has 0 bridgehead atoms. The summed E-state index contributed by atoms with van der Waals surface area (Å²) in [5, 5.41) is 6.80. The summed E-state index contributed by atoms with van der Waals surface area (Å²) < 4.78 is 0. The number of anilines is 1. The van der Waals surface area contributed by atoms with Crippen LogP contribution in [0.4, 0.5) is 5.69 Å². The molecule has 20 heavy (non-hydrogen) atoms. The van der Waals surface area contributed by atoms with Gasteiger partial charge in [-0.15, -0.1) is 0 Å². The zero-order valence-electron chi connectivity index (χ0n) is 11.5. The number of nitrogens with one attached hydrogen (secondary N) is 1. The average molecular weight is 270 g/mol. The van der Waals surface area contributed by atoms with Crippen molar-refractivity contribution in [2.24, 2.45) is 0 Å². The van der Waals surface area contributed by atoms with Crippen LogP contribution in [0.25, 0.3) is 0 Å². The predicted octanol–water partition coefficient (Wildman–Crippen LogP) is 1.54. The number of nitrogen functional groups attached to an aromatic ring is 1. The molecule has 0 radical (unpaired) electrons. The van der Waals surface area contributed by atoms with Gasteiger partial charge in [0.2, 0.25) is 0 Å². The molecular weight excluding hydrogens is 252 g/mol. The first-order chi connectivity index (χ1) is 9.66. The van der Waals surface area contributed by atoms with E-state index in [2.05, 4.69) is 22.3 Å². The molecule has 3 rings (SSSR count). The number of aromatic nitrogens is 2. The third kappa shape index (κ3) is 2.15. The molecule has 1 aromatic carbocycles. The van der Waals surface area contributed by atoms with Gasteiger partial charge in [-0.3, -0.25) is 9.89 Å².